The number of hydrogen-bond acceptors (Lipinski definition) is 3. The predicted octanol–water partition coefficient (Wildman–Crippen LogP) is 4.74. The lowest BCUT2D eigenvalue weighted by atomic mass is 10.1. The molecule has 0 radical (unpaired) electrons. The lowest BCUT2D eigenvalue weighted by Crippen LogP contribution is -2.01. The van der Waals surface area contributed by atoms with E-state index in [0.29, 0.717) is 22.9 Å². The minimum atomic E-state index is 0.108. The Morgan fingerprint density at radius 3 is 2.65 bits per heavy atom. The fourth-order valence-electron chi connectivity index (χ4n) is 1.95. The van der Waals surface area contributed by atoms with Gasteiger partial charge >= 0.3 is 0 Å². The quantitative estimate of drug-likeness (QED) is 0.831. The van der Waals surface area contributed by atoms with Crippen LogP contribution in [0.4, 0.5) is 5.69 Å². The number of anilines is 1. The van der Waals surface area contributed by atoms with Gasteiger partial charge < -0.3 is 15.2 Å². The van der Waals surface area contributed by atoms with Crippen molar-refractivity contribution in [3.8, 4) is 11.5 Å². The van der Waals surface area contributed by atoms with Crippen molar-refractivity contribution in [3.05, 3.63) is 51.0 Å². The zero-order valence-electron chi connectivity index (χ0n) is 11.2. The van der Waals surface area contributed by atoms with Crippen molar-refractivity contribution >= 4 is 33.2 Å². The summed E-state index contributed by atoms with van der Waals surface area (Å²) in [5, 5.41) is 13.9. The molecular formula is C15H15BrClNO2. The van der Waals surface area contributed by atoms with Gasteiger partial charge in [0.2, 0.25) is 0 Å². The van der Waals surface area contributed by atoms with E-state index in [1.54, 1.807) is 12.1 Å². The van der Waals surface area contributed by atoms with Gasteiger partial charge in [-0.05, 0) is 36.8 Å². The van der Waals surface area contributed by atoms with Gasteiger partial charge in [0.25, 0.3) is 0 Å². The maximum atomic E-state index is 10.1. The molecule has 0 aliphatic carbocycles. The van der Waals surface area contributed by atoms with Crippen LogP contribution in [0.3, 0.4) is 0 Å². The molecule has 0 atom stereocenters. The molecule has 0 spiro atoms. The highest BCUT2D eigenvalue weighted by atomic mass is 79.9. The third-order valence-electron chi connectivity index (χ3n) is 2.86. The largest absolute Gasteiger partial charge is 0.504 e. The van der Waals surface area contributed by atoms with Crippen molar-refractivity contribution in [1.82, 2.24) is 0 Å². The monoisotopic (exact) mass is 355 g/mol. The molecular weight excluding hydrogens is 342 g/mol. The lowest BCUT2D eigenvalue weighted by Gasteiger charge is -2.12. The van der Waals surface area contributed by atoms with Gasteiger partial charge in [-0.3, -0.25) is 0 Å². The molecule has 2 aromatic carbocycles. The first-order valence-corrected chi connectivity index (χ1v) is 7.23. The van der Waals surface area contributed by atoms with Crippen molar-refractivity contribution in [2.45, 2.75) is 13.5 Å². The van der Waals surface area contributed by atoms with E-state index in [-0.39, 0.29) is 5.75 Å². The summed E-state index contributed by atoms with van der Waals surface area (Å²) >= 11 is 9.46. The van der Waals surface area contributed by atoms with E-state index in [9.17, 15) is 5.11 Å². The van der Waals surface area contributed by atoms with Gasteiger partial charge in [-0.25, -0.2) is 0 Å². The van der Waals surface area contributed by atoms with E-state index in [1.807, 2.05) is 25.1 Å². The summed E-state index contributed by atoms with van der Waals surface area (Å²) in [6, 6.07) is 9.35. The average molecular weight is 357 g/mol. The van der Waals surface area contributed by atoms with E-state index in [1.165, 1.54) is 7.11 Å². The second-order valence-corrected chi connectivity index (χ2v) is 5.84. The van der Waals surface area contributed by atoms with Gasteiger partial charge in [0.05, 0.1) is 7.11 Å². The highest BCUT2D eigenvalue weighted by Gasteiger charge is 2.10. The first-order chi connectivity index (χ1) is 9.49. The Morgan fingerprint density at radius 1 is 1.25 bits per heavy atom. The topological polar surface area (TPSA) is 41.5 Å². The molecule has 0 bridgehead atoms. The molecule has 5 heteroatoms. The fourth-order valence-corrected chi connectivity index (χ4v) is 2.79. The summed E-state index contributed by atoms with van der Waals surface area (Å²) < 4.78 is 6.09. The van der Waals surface area contributed by atoms with Crippen molar-refractivity contribution in [2.24, 2.45) is 0 Å². The van der Waals surface area contributed by atoms with E-state index >= 15 is 0 Å². The van der Waals surface area contributed by atoms with E-state index < -0.39 is 0 Å². The van der Waals surface area contributed by atoms with Gasteiger partial charge in [0, 0.05) is 33.4 Å². The predicted molar refractivity (Wildman–Crippen MR) is 85.9 cm³/mol. The fraction of sp³-hybridized carbons (Fsp3) is 0.200. The summed E-state index contributed by atoms with van der Waals surface area (Å²) in [7, 11) is 1.50. The number of nitrogens with one attached hydrogen (secondary N) is 1. The van der Waals surface area contributed by atoms with E-state index in [2.05, 4.69) is 21.2 Å². The number of phenols is 1. The van der Waals surface area contributed by atoms with Crippen LogP contribution in [0.15, 0.2) is 34.8 Å². The number of hydrogen-bond donors (Lipinski definition) is 2. The molecule has 0 saturated carbocycles. The minimum Gasteiger partial charge on any atom is -0.504 e. The molecule has 0 fully saturated rings. The second kappa shape index (κ2) is 6.37. The minimum absolute atomic E-state index is 0.108. The van der Waals surface area contributed by atoms with Gasteiger partial charge in [-0.15, -0.1) is 0 Å². The van der Waals surface area contributed by atoms with Crippen LogP contribution in [0.1, 0.15) is 11.1 Å². The van der Waals surface area contributed by atoms with Gasteiger partial charge in [0.1, 0.15) is 0 Å². The molecule has 20 heavy (non-hydrogen) atoms. The molecule has 0 aromatic heterocycles. The Kier molecular flexibility index (Phi) is 4.78. The number of rotatable bonds is 4. The molecule has 3 nitrogen and oxygen atoms in total. The van der Waals surface area contributed by atoms with Crippen molar-refractivity contribution in [1.29, 1.82) is 0 Å². The van der Waals surface area contributed by atoms with Crippen molar-refractivity contribution < 1.29 is 9.84 Å². The van der Waals surface area contributed by atoms with E-state index in [0.717, 1.165) is 15.7 Å². The third kappa shape index (κ3) is 3.58. The number of phenolic OH excluding ortho intramolecular Hbond substituents is 1. The Bertz CT molecular complexity index is 611. The van der Waals surface area contributed by atoms with Crippen LogP contribution < -0.4 is 10.1 Å². The molecule has 0 unspecified atom stereocenters. The Hall–Kier alpha value is -1.39. The van der Waals surface area contributed by atoms with Crippen molar-refractivity contribution in [3.63, 3.8) is 0 Å². The summed E-state index contributed by atoms with van der Waals surface area (Å²) in [5.74, 6) is 0.482. The summed E-state index contributed by atoms with van der Waals surface area (Å²) in [6.45, 7) is 2.48. The van der Waals surface area contributed by atoms with Gasteiger partial charge in [-0.1, -0.05) is 27.5 Å². The van der Waals surface area contributed by atoms with Crippen LogP contribution in [0, 0.1) is 6.92 Å². The van der Waals surface area contributed by atoms with Crippen LogP contribution in [-0.2, 0) is 6.54 Å². The number of benzene rings is 2. The molecule has 106 valence electrons. The zero-order chi connectivity index (χ0) is 14.7. The number of aromatic hydroxyl groups is 1. The van der Waals surface area contributed by atoms with Crippen LogP contribution in [0.25, 0.3) is 0 Å². The first kappa shape index (κ1) is 15.0. The SMILES string of the molecule is COc1cc(Cl)cc(CNc2cc(C)cc(Br)c2)c1O. The van der Waals surface area contributed by atoms with Gasteiger partial charge in [0.15, 0.2) is 11.5 Å². The number of ether oxygens (including phenoxy) is 1. The Labute approximate surface area is 131 Å². The highest BCUT2D eigenvalue weighted by molar-refractivity contribution is 9.10. The average Bonchev–Trinajstić information content (AvgIpc) is 2.38. The number of aryl methyl sites for hydroxylation is 1. The van der Waals surface area contributed by atoms with E-state index in [4.69, 9.17) is 16.3 Å². The summed E-state index contributed by atoms with van der Waals surface area (Å²) in [4.78, 5) is 0. The molecule has 0 amide bonds. The standard InChI is InChI=1S/C15H15BrClNO2/c1-9-3-11(16)6-13(4-9)18-8-10-5-12(17)7-14(20-2)15(10)19/h3-7,18-19H,8H2,1-2H3. The molecule has 2 rings (SSSR count). The normalized spacial score (nSPS) is 10.4. The molecule has 2 aromatic rings. The maximum absolute atomic E-state index is 10.1. The number of methoxy groups -OCH3 is 1. The highest BCUT2D eigenvalue weighted by Crippen LogP contribution is 2.34. The molecule has 0 heterocycles. The molecule has 0 aliphatic rings. The zero-order valence-corrected chi connectivity index (χ0v) is 13.5. The summed E-state index contributed by atoms with van der Waals surface area (Å²) in [6.07, 6.45) is 0. The van der Waals surface area contributed by atoms with Crippen LogP contribution in [0.2, 0.25) is 5.02 Å². The third-order valence-corrected chi connectivity index (χ3v) is 3.54. The lowest BCUT2D eigenvalue weighted by molar-refractivity contribution is 0.371. The number of halogens is 2. The Balaban J connectivity index is 2.20. The molecule has 0 aliphatic heterocycles. The van der Waals surface area contributed by atoms with Crippen molar-refractivity contribution in [2.75, 3.05) is 12.4 Å². The molecule has 2 N–H and O–H groups in total. The second-order valence-electron chi connectivity index (χ2n) is 4.49. The smallest absolute Gasteiger partial charge is 0.162 e. The maximum Gasteiger partial charge on any atom is 0.162 e. The van der Waals surface area contributed by atoms with Crippen LogP contribution in [-0.4, -0.2) is 12.2 Å². The Morgan fingerprint density at radius 2 is 2.00 bits per heavy atom. The van der Waals surface area contributed by atoms with Crippen LogP contribution in [0.5, 0.6) is 11.5 Å². The first-order valence-electron chi connectivity index (χ1n) is 6.06. The van der Waals surface area contributed by atoms with Gasteiger partial charge in [-0.2, -0.15) is 0 Å². The molecule has 0 saturated heterocycles. The van der Waals surface area contributed by atoms with Crippen LogP contribution >= 0.6 is 27.5 Å². The summed E-state index contributed by atoms with van der Waals surface area (Å²) in [5.41, 5.74) is 2.80.